The number of aliphatic hydroxyl groups is 1. The lowest BCUT2D eigenvalue weighted by molar-refractivity contribution is 0.0908. The van der Waals surface area contributed by atoms with Gasteiger partial charge in [-0.1, -0.05) is 5.16 Å². The maximum Gasteiger partial charge on any atom is 0.292 e. The van der Waals surface area contributed by atoms with Gasteiger partial charge in [-0.25, -0.2) is 0 Å². The Hall–Kier alpha value is -1.47. The van der Waals surface area contributed by atoms with Gasteiger partial charge in [0.2, 0.25) is 5.89 Å². The van der Waals surface area contributed by atoms with E-state index in [1.54, 1.807) is 6.92 Å². The van der Waals surface area contributed by atoms with Crippen molar-refractivity contribution >= 4 is 5.91 Å². The number of aromatic nitrogens is 2. The minimum Gasteiger partial charge on any atom is -0.394 e. The second-order valence-corrected chi connectivity index (χ2v) is 4.16. The second-order valence-electron chi connectivity index (χ2n) is 4.16. The molecular weight excluding hydrogens is 224 g/mol. The number of aliphatic hydroxyl groups excluding tert-OH is 1. The Morgan fingerprint density at radius 2 is 2.59 bits per heavy atom. The summed E-state index contributed by atoms with van der Waals surface area (Å²) in [5.74, 6) is 0.0258. The zero-order chi connectivity index (χ0) is 12.3. The van der Waals surface area contributed by atoms with E-state index in [0.717, 1.165) is 19.4 Å². The topological polar surface area (TPSA) is 100 Å². The Morgan fingerprint density at radius 1 is 1.76 bits per heavy atom. The highest BCUT2D eigenvalue weighted by atomic mass is 16.5. The first kappa shape index (κ1) is 12.0. The van der Waals surface area contributed by atoms with Gasteiger partial charge in [0, 0.05) is 6.04 Å². The first-order valence-electron chi connectivity index (χ1n) is 5.69. The molecule has 1 saturated heterocycles. The summed E-state index contributed by atoms with van der Waals surface area (Å²) in [7, 11) is 0. The molecule has 3 N–H and O–H groups in total. The summed E-state index contributed by atoms with van der Waals surface area (Å²) in [6.45, 7) is 2.49. The molecule has 2 unspecified atom stereocenters. The lowest BCUT2D eigenvalue weighted by Gasteiger charge is -2.07. The number of hydrogen-bond acceptors (Lipinski definition) is 6. The fourth-order valence-electron chi connectivity index (χ4n) is 1.70. The normalized spacial score (nSPS) is 21.4. The Labute approximate surface area is 98.6 Å². The Bertz CT molecular complexity index is 387. The summed E-state index contributed by atoms with van der Waals surface area (Å²) in [6, 6.07) is -0.270. The summed E-state index contributed by atoms with van der Waals surface area (Å²) in [5.41, 5.74) is 0. The molecular formula is C10H16N4O3. The molecule has 1 amide bonds. The van der Waals surface area contributed by atoms with E-state index in [2.05, 4.69) is 20.8 Å². The van der Waals surface area contributed by atoms with E-state index in [4.69, 9.17) is 9.63 Å². The molecule has 2 atom stereocenters. The van der Waals surface area contributed by atoms with Gasteiger partial charge in [0.05, 0.1) is 12.6 Å². The van der Waals surface area contributed by atoms with E-state index in [1.165, 1.54) is 0 Å². The predicted molar refractivity (Wildman–Crippen MR) is 58.3 cm³/mol. The lowest BCUT2D eigenvalue weighted by Crippen LogP contribution is -2.35. The molecule has 2 rings (SSSR count). The van der Waals surface area contributed by atoms with Crippen molar-refractivity contribution in [3.63, 3.8) is 0 Å². The molecule has 7 nitrogen and oxygen atoms in total. The van der Waals surface area contributed by atoms with E-state index in [0.29, 0.717) is 5.89 Å². The quantitative estimate of drug-likeness (QED) is 0.662. The van der Waals surface area contributed by atoms with Crippen molar-refractivity contribution in [2.45, 2.75) is 31.8 Å². The van der Waals surface area contributed by atoms with Crippen LogP contribution in [0.5, 0.6) is 0 Å². The molecule has 0 aromatic carbocycles. The molecule has 0 bridgehead atoms. The van der Waals surface area contributed by atoms with E-state index in [-0.39, 0.29) is 24.5 Å². The zero-order valence-corrected chi connectivity index (χ0v) is 9.64. The lowest BCUT2D eigenvalue weighted by atomic mass is 10.2. The monoisotopic (exact) mass is 240 g/mol. The van der Waals surface area contributed by atoms with Crippen molar-refractivity contribution in [3.05, 3.63) is 11.7 Å². The first-order chi connectivity index (χ1) is 8.20. The number of hydrogen-bond donors (Lipinski definition) is 3. The Morgan fingerprint density at radius 3 is 3.24 bits per heavy atom. The van der Waals surface area contributed by atoms with Gasteiger partial charge in [-0.3, -0.25) is 4.79 Å². The smallest absolute Gasteiger partial charge is 0.292 e. The number of carbonyl (C=O) groups excluding carboxylic acids is 1. The Kier molecular flexibility index (Phi) is 3.70. The molecule has 1 aliphatic rings. The van der Waals surface area contributed by atoms with Gasteiger partial charge in [0.1, 0.15) is 0 Å². The number of nitrogens with zero attached hydrogens (tertiary/aromatic N) is 2. The van der Waals surface area contributed by atoms with E-state index in [9.17, 15) is 4.79 Å². The van der Waals surface area contributed by atoms with Crippen LogP contribution in [0, 0.1) is 0 Å². The molecule has 1 aromatic rings. The van der Waals surface area contributed by atoms with Crippen LogP contribution in [-0.2, 0) is 0 Å². The standard InChI is InChI=1S/C10H16N4O3/c1-6(5-15)12-9(16)8-13-10(17-14-8)7-3-2-4-11-7/h6-7,11,15H,2-5H2,1H3,(H,12,16). The maximum absolute atomic E-state index is 11.6. The molecule has 2 heterocycles. The summed E-state index contributed by atoms with van der Waals surface area (Å²) >= 11 is 0. The summed E-state index contributed by atoms with van der Waals surface area (Å²) < 4.78 is 5.04. The van der Waals surface area contributed by atoms with Crippen molar-refractivity contribution in [1.82, 2.24) is 20.8 Å². The minimum absolute atomic E-state index is 0.00833. The molecule has 0 radical (unpaired) electrons. The zero-order valence-electron chi connectivity index (χ0n) is 9.64. The molecule has 1 aliphatic heterocycles. The highest BCUT2D eigenvalue weighted by Crippen LogP contribution is 2.20. The van der Waals surface area contributed by atoms with Crippen LogP contribution in [0.15, 0.2) is 4.52 Å². The van der Waals surface area contributed by atoms with Crippen LogP contribution >= 0.6 is 0 Å². The van der Waals surface area contributed by atoms with Crippen molar-refractivity contribution < 1.29 is 14.4 Å². The summed E-state index contributed by atoms with van der Waals surface area (Å²) in [5, 5.41) is 18.2. The van der Waals surface area contributed by atoms with Crippen LogP contribution < -0.4 is 10.6 Å². The molecule has 1 fully saturated rings. The largest absolute Gasteiger partial charge is 0.394 e. The van der Waals surface area contributed by atoms with Crippen LogP contribution in [-0.4, -0.2) is 40.3 Å². The van der Waals surface area contributed by atoms with Gasteiger partial charge in [0.25, 0.3) is 11.7 Å². The van der Waals surface area contributed by atoms with E-state index >= 15 is 0 Å². The van der Waals surface area contributed by atoms with Crippen molar-refractivity contribution in [1.29, 1.82) is 0 Å². The molecule has 7 heteroatoms. The average Bonchev–Trinajstić information content (AvgIpc) is 2.98. The minimum atomic E-state index is -0.431. The number of carbonyl (C=O) groups is 1. The molecule has 0 saturated carbocycles. The van der Waals surface area contributed by atoms with Gasteiger partial charge in [-0.2, -0.15) is 4.98 Å². The fourth-order valence-corrected chi connectivity index (χ4v) is 1.70. The van der Waals surface area contributed by atoms with Crippen LogP contribution in [0.4, 0.5) is 0 Å². The van der Waals surface area contributed by atoms with Crippen molar-refractivity contribution in [2.75, 3.05) is 13.2 Å². The van der Waals surface area contributed by atoms with Crippen LogP contribution in [0.25, 0.3) is 0 Å². The summed E-state index contributed by atoms with van der Waals surface area (Å²) in [6.07, 6.45) is 2.01. The number of nitrogens with one attached hydrogen (secondary N) is 2. The highest BCUT2D eigenvalue weighted by molar-refractivity contribution is 5.90. The van der Waals surface area contributed by atoms with Crippen molar-refractivity contribution in [3.8, 4) is 0 Å². The van der Waals surface area contributed by atoms with Crippen molar-refractivity contribution in [2.24, 2.45) is 0 Å². The third kappa shape index (κ3) is 2.80. The number of rotatable bonds is 4. The molecule has 0 spiro atoms. The average molecular weight is 240 g/mol. The third-order valence-corrected chi connectivity index (χ3v) is 2.65. The third-order valence-electron chi connectivity index (χ3n) is 2.65. The predicted octanol–water partition coefficient (Wildman–Crippen LogP) is -0.395. The van der Waals surface area contributed by atoms with Gasteiger partial charge in [-0.05, 0) is 26.3 Å². The van der Waals surface area contributed by atoms with Crippen LogP contribution in [0.1, 0.15) is 42.3 Å². The SMILES string of the molecule is CC(CO)NC(=O)c1noc(C2CCCN2)n1. The summed E-state index contributed by atoms with van der Waals surface area (Å²) in [4.78, 5) is 15.7. The van der Waals surface area contributed by atoms with Crippen LogP contribution in [0.3, 0.4) is 0 Å². The van der Waals surface area contributed by atoms with Crippen LogP contribution in [0.2, 0.25) is 0 Å². The molecule has 1 aromatic heterocycles. The molecule has 94 valence electrons. The van der Waals surface area contributed by atoms with Gasteiger partial charge < -0.3 is 20.3 Å². The molecule has 0 aliphatic carbocycles. The first-order valence-corrected chi connectivity index (χ1v) is 5.69. The van der Waals surface area contributed by atoms with E-state index in [1.807, 2.05) is 0 Å². The highest BCUT2D eigenvalue weighted by Gasteiger charge is 2.24. The van der Waals surface area contributed by atoms with E-state index < -0.39 is 5.91 Å². The Balaban J connectivity index is 1.99. The van der Waals surface area contributed by atoms with Gasteiger partial charge >= 0.3 is 0 Å². The fraction of sp³-hybridized carbons (Fsp3) is 0.700. The second kappa shape index (κ2) is 5.24. The van der Waals surface area contributed by atoms with Gasteiger partial charge in [0.15, 0.2) is 0 Å². The number of amides is 1. The maximum atomic E-state index is 11.6. The van der Waals surface area contributed by atoms with Gasteiger partial charge in [-0.15, -0.1) is 0 Å². The molecule has 17 heavy (non-hydrogen) atoms.